The van der Waals surface area contributed by atoms with Crippen LogP contribution in [-0.4, -0.2) is 30.2 Å². The van der Waals surface area contributed by atoms with Crippen molar-refractivity contribution < 1.29 is 18.3 Å². The minimum Gasteiger partial charge on any atom is -0.435 e. The molecule has 0 spiro atoms. The van der Waals surface area contributed by atoms with Crippen LogP contribution in [0.1, 0.15) is 18.4 Å². The van der Waals surface area contributed by atoms with E-state index in [0.29, 0.717) is 5.56 Å². The van der Waals surface area contributed by atoms with E-state index in [2.05, 4.69) is 15.4 Å². The number of thioether (sulfide) groups is 1. The van der Waals surface area contributed by atoms with Gasteiger partial charge < -0.3 is 15.4 Å². The van der Waals surface area contributed by atoms with E-state index in [4.69, 9.17) is 0 Å². The molecule has 0 aromatic heterocycles. The van der Waals surface area contributed by atoms with Crippen LogP contribution >= 0.6 is 11.8 Å². The maximum Gasteiger partial charge on any atom is 0.387 e. The Morgan fingerprint density at radius 1 is 1.48 bits per heavy atom. The first-order valence-electron chi connectivity index (χ1n) is 6.79. The predicted octanol–water partition coefficient (Wildman–Crippen LogP) is 2.98. The first kappa shape index (κ1) is 15.9. The zero-order valence-corrected chi connectivity index (χ0v) is 12.3. The summed E-state index contributed by atoms with van der Waals surface area (Å²) in [6, 6.07) is 6.28. The SMILES string of the molecule is O=C(NCc1cccc(OC(F)F)c1)N[C@H]1CCCSC1. The zero-order chi connectivity index (χ0) is 15.1. The van der Waals surface area contributed by atoms with Gasteiger partial charge in [-0.05, 0) is 36.3 Å². The van der Waals surface area contributed by atoms with Crippen molar-refractivity contribution in [3.8, 4) is 5.75 Å². The number of amides is 2. The minimum atomic E-state index is -2.85. The highest BCUT2D eigenvalue weighted by Gasteiger charge is 2.15. The Bertz CT molecular complexity index is 468. The standard InChI is InChI=1S/C14H18F2N2O2S/c15-13(16)20-12-5-1-3-10(7-12)8-17-14(19)18-11-4-2-6-21-9-11/h1,3,5,7,11,13H,2,4,6,8-9H2,(H2,17,18,19)/t11-/m0/s1. The van der Waals surface area contributed by atoms with Crippen molar-refractivity contribution in [2.75, 3.05) is 11.5 Å². The number of carbonyl (C=O) groups excluding carboxylic acids is 1. The molecule has 21 heavy (non-hydrogen) atoms. The molecule has 2 N–H and O–H groups in total. The van der Waals surface area contributed by atoms with E-state index < -0.39 is 6.61 Å². The average Bonchev–Trinajstić information content (AvgIpc) is 2.46. The summed E-state index contributed by atoms with van der Waals surface area (Å²) in [6.07, 6.45) is 2.11. The quantitative estimate of drug-likeness (QED) is 0.878. The normalized spacial score (nSPS) is 18.3. The molecule has 1 atom stereocenters. The number of hydrogen-bond donors (Lipinski definition) is 2. The number of benzene rings is 1. The summed E-state index contributed by atoms with van der Waals surface area (Å²) in [5, 5.41) is 5.64. The molecule has 0 unspecified atom stereocenters. The molecule has 1 aromatic rings. The van der Waals surface area contributed by atoms with Gasteiger partial charge in [-0.25, -0.2) is 4.79 Å². The summed E-state index contributed by atoms with van der Waals surface area (Å²) in [5.74, 6) is 2.18. The summed E-state index contributed by atoms with van der Waals surface area (Å²) < 4.78 is 28.6. The Kier molecular flexibility index (Phi) is 6.10. The lowest BCUT2D eigenvalue weighted by Crippen LogP contribution is -2.44. The van der Waals surface area contributed by atoms with E-state index in [1.54, 1.807) is 12.1 Å². The summed E-state index contributed by atoms with van der Waals surface area (Å²) in [5.41, 5.74) is 0.710. The number of rotatable bonds is 5. The fraction of sp³-hybridized carbons (Fsp3) is 0.500. The van der Waals surface area contributed by atoms with Crippen LogP contribution < -0.4 is 15.4 Å². The Hall–Kier alpha value is -1.50. The van der Waals surface area contributed by atoms with Crippen molar-refractivity contribution in [3.63, 3.8) is 0 Å². The van der Waals surface area contributed by atoms with E-state index in [0.717, 1.165) is 24.3 Å². The van der Waals surface area contributed by atoms with Gasteiger partial charge >= 0.3 is 12.6 Å². The van der Waals surface area contributed by atoms with E-state index in [1.165, 1.54) is 12.1 Å². The second kappa shape index (κ2) is 8.07. The Labute approximate surface area is 126 Å². The molecule has 1 aromatic carbocycles. The highest BCUT2D eigenvalue weighted by molar-refractivity contribution is 7.99. The van der Waals surface area contributed by atoms with Crippen LogP contribution in [0.15, 0.2) is 24.3 Å². The number of urea groups is 1. The minimum absolute atomic E-state index is 0.0911. The smallest absolute Gasteiger partial charge is 0.387 e. The van der Waals surface area contributed by atoms with Gasteiger partial charge in [-0.15, -0.1) is 0 Å². The number of alkyl halides is 2. The monoisotopic (exact) mass is 316 g/mol. The topological polar surface area (TPSA) is 50.4 Å². The van der Waals surface area contributed by atoms with Crippen LogP contribution in [0.5, 0.6) is 5.75 Å². The van der Waals surface area contributed by atoms with Gasteiger partial charge in [0, 0.05) is 18.3 Å². The molecule has 0 bridgehead atoms. The molecule has 7 heteroatoms. The van der Waals surface area contributed by atoms with Gasteiger partial charge in [0.1, 0.15) is 5.75 Å². The van der Waals surface area contributed by atoms with Crippen LogP contribution in [0.25, 0.3) is 0 Å². The van der Waals surface area contributed by atoms with Gasteiger partial charge in [0.25, 0.3) is 0 Å². The highest BCUT2D eigenvalue weighted by atomic mass is 32.2. The fourth-order valence-corrected chi connectivity index (χ4v) is 3.18. The molecule has 2 amide bonds. The molecule has 1 aliphatic heterocycles. The molecule has 0 saturated carbocycles. The van der Waals surface area contributed by atoms with E-state index in [9.17, 15) is 13.6 Å². The molecule has 1 saturated heterocycles. The third kappa shape index (κ3) is 5.79. The van der Waals surface area contributed by atoms with Gasteiger partial charge in [0.2, 0.25) is 0 Å². The highest BCUT2D eigenvalue weighted by Crippen LogP contribution is 2.17. The van der Waals surface area contributed by atoms with Crippen molar-refractivity contribution in [3.05, 3.63) is 29.8 Å². The number of hydrogen-bond acceptors (Lipinski definition) is 3. The number of nitrogens with one attached hydrogen (secondary N) is 2. The maximum absolute atomic E-state index is 12.1. The molecule has 4 nitrogen and oxygen atoms in total. The lowest BCUT2D eigenvalue weighted by molar-refractivity contribution is -0.0498. The third-order valence-corrected chi connectivity index (χ3v) is 4.29. The zero-order valence-electron chi connectivity index (χ0n) is 11.5. The molecule has 116 valence electrons. The van der Waals surface area contributed by atoms with E-state index >= 15 is 0 Å². The molecule has 2 rings (SSSR count). The van der Waals surface area contributed by atoms with E-state index in [1.807, 2.05) is 11.8 Å². The molecule has 0 aliphatic carbocycles. The van der Waals surface area contributed by atoms with Crippen molar-refractivity contribution in [1.82, 2.24) is 10.6 Å². The first-order valence-corrected chi connectivity index (χ1v) is 7.95. The molecular weight excluding hydrogens is 298 g/mol. The molecule has 1 aliphatic rings. The predicted molar refractivity (Wildman–Crippen MR) is 78.8 cm³/mol. The first-order chi connectivity index (χ1) is 10.1. The Morgan fingerprint density at radius 2 is 2.33 bits per heavy atom. The molecule has 1 heterocycles. The lowest BCUT2D eigenvalue weighted by Gasteiger charge is -2.22. The molecule has 0 radical (unpaired) electrons. The second-order valence-electron chi connectivity index (χ2n) is 4.77. The average molecular weight is 316 g/mol. The van der Waals surface area contributed by atoms with E-state index in [-0.39, 0.29) is 24.4 Å². The van der Waals surface area contributed by atoms with Crippen molar-refractivity contribution in [2.24, 2.45) is 0 Å². The van der Waals surface area contributed by atoms with Gasteiger partial charge in [-0.3, -0.25) is 0 Å². The number of ether oxygens (including phenoxy) is 1. The fourth-order valence-electron chi connectivity index (χ4n) is 2.10. The largest absolute Gasteiger partial charge is 0.435 e. The summed E-state index contributed by atoms with van der Waals surface area (Å²) in [4.78, 5) is 11.8. The van der Waals surface area contributed by atoms with Crippen LogP contribution in [0, 0.1) is 0 Å². The summed E-state index contributed by atoms with van der Waals surface area (Å²) in [7, 11) is 0. The number of halogens is 2. The Balaban J connectivity index is 1.77. The van der Waals surface area contributed by atoms with Gasteiger partial charge in [0.15, 0.2) is 0 Å². The third-order valence-electron chi connectivity index (χ3n) is 3.07. The Morgan fingerprint density at radius 3 is 3.05 bits per heavy atom. The second-order valence-corrected chi connectivity index (χ2v) is 5.92. The maximum atomic E-state index is 12.1. The summed E-state index contributed by atoms with van der Waals surface area (Å²) in [6.45, 7) is -2.58. The van der Waals surface area contributed by atoms with Crippen molar-refractivity contribution in [2.45, 2.75) is 32.0 Å². The molecule has 1 fully saturated rings. The van der Waals surface area contributed by atoms with Crippen molar-refractivity contribution in [1.29, 1.82) is 0 Å². The van der Waals surface area contributed by atoms with Crippen LogP contribution in [-0.2, 0) is 6.54 Å². The molecular formula is C14H18F2N2O2S. The lowest BCUT2D eigenvalue weighted by atomic mass is 10.2. The van der Waals surface area contributed by atoms with Crippen molar-refractivity contribution >= 4 is 17.8 Å². The number of carbonyl (C=O) groups is 1. The van der Waals surface area contributed by atoms with Crippen LogP contribution in [0.4, 0.5) is 13.6 Å². The van der Waals surface area contributed by atoms with Gasteiger partial charge in [-0.2, -0.15) is 20.5 Å². The van der Waals surface area contributed by atoms with Crippen LogP contribution in [0.3, 0.4) is 0 Å². The van der Waals surface area contributed by atoms with Gasteiger partial charge in [-0.1, -0.05) is 12.1 Å². The van der Waals surface area contributed by atoms with Crippen LogP contribution in [0.2, 0.25) is 0 Å². The summed E-state index contributed by atoms with van der Waals surface area (Å²) >= 11 is 1.84. The van der Waals surface area contributed by atoms with Gasteiger partial charge in [0.05, 0.1) is 0 Å².